The molecule has 1 aliphatic carbocycles. The summed E-state index contributed by atoms with van der Waals surface area (Å²) in [5.41, 5.74) is 0. The minimum atomic E-state index is 0.644. The SMILES string of the molecule is CCCNC1CC(C)CC(C)C1N(C)CCOCC. The van der Waals surface area contributed by atoms with Crippen molar-refractivity contribution in [3.8, 4) is 0 Å². The Bertz CT molecular complexity index is 235. The molecule has 0 aliphatic heterocycles. The molecule has 0 heterocycles. The summed E-state index contributed by atoms with van der Waals surface area (Å²) in [4.78, 5) is 2.51. The quantitative estimate of drug-likeness (QED) is 0.686. The molecule has 0 aromatic carbocycles. The highest BCUT2D eigenvalue weighted by molar-refractivity contribution is 4.93. The summed E-state index contributed by atoms with van der Waals surface area (Å²) in [6.07, 6.45) is 3.89. The van der Waals surface area contributed by atoms with Crippen molar-refractivity contribution in [3.63, 3.8) is 0 Å². The second-order valence-corrected chi connectivity index (χ2v) is 6.28. The molecule has 1 aliphatic rings. The van der Waals surface area contributed by atoms with Crippen LogP contribution in [0.4, 0.5) is 0 Å². The monoisotopic (exact) mass is 270 g/mol. The first-order chi connectivity index (χ1) is 9.10. The van der Waals surface area contributed by atoms with Gasteiger partial charge in [0.1, 0.15) is 0 Å². The van der Waals surface area contributed by atoms with Gasteiger partial charge in [-0.1, -0.05) is 20.8 Å². The van der Waals surface area contributed by atoms with Crippen LogP contribution in [0, 0.1) is 11.8 Å². The zero-order valence-corrected chi connectivity index (χ0v) is 13.6. The minimum absolute atomic E-state index is 0.644. The normalized spacial score (nSPS) is 31.9. The molecule has 4 atom stereocenters. The van der Waals surface area contributed by atoms with Crippen LogP contribution in [0.25, 0.3) is 0 Å². The zero-order chi connectivity index (χ0) is 14.3. The molecule has 114 valence electrons. The van der Waals surface area contributed by atoms with Gasteiger partial charge in [0.25, 0.3) is 0 Å². The molecular formula is C16H34N2O. The molecule has 1 saturated carbocycles. The van der Waals surface area contributed by atoms with E-state index in [4.69, 9.17) is 4.74 Å². The van der Waals surface area contributed by atoms with Gasteiger partial charge in [0.05, 0.1) is 6.61 Å². The molecule has 19 heavy (non-hydrogen) atoms. The molecule has 0 radical (unpaired) electrons. The van der Waals surface area contributed by atoms with Crippen LogP contribution < -0.4 is 5.32 Å². The largest absolute Gasteiger partial charge is 0.380 e. The summed E-state index contributed by atoms with van der Waals surface area (Å²) in [6.45, 7) is 13.0. The van der Waals surface area contributed by atoms with Crippen molar-refractivity contribution in [2.45, 2.75) is 59.0 Å². The summed E-state index contributed by atoms with van der Waals surface area (Å²) in [5, 5.41) is 3.77. The number of likely N-dealkylation sites (N-methyl/N-ethyl adjacent to an activating group) is 1. The van der Waals surface area contributed by atoms with Crippen LogP contribution >= 0.6 is 0 Å². The number of nitrogens with one attached hydrogen (secondary N) is 1. The van der Waals surface area contributed by atoms with Gasteiger partial charge in [-0.15, -0.1) is 0 Å². The minimum Gasteiger partial charge on any atom is -0.380 e. The molecule has 0 aromatic heterocycles. The van der Waals surface area contributed by atoms with Crippen LogP contribution in [0.3, 0.4) is 0 Å². The third kappa shape index (κ3) is 5.41. The lowest BCUT2D eigenvalue weighted by atomic mass is 9.76. The van der Waals surface area contributed by atoms with E-state index in [1.54, 1.807) is 0 Å². The Balaban J connectivity index is 2.56. The maximum Gasteiger partial charge on any atom is 0.0593 e. The van der Waals surface area contributed by atoms with E-state index in [1.165, 1.54) is 19.3 Å². The van der Waals surface area contributed by atoms with Crippen molar-refractivity contribution in [1.29, 1.82) is 0 Å². The van der Waals surface area contributed by atoms with E-state index in [0.29, 0.717) is 12.1 Å². The fourth-order valence-electron chi connectivity index (χ4n) is 3.62. The van der Waals surface area contributed by atoms with Crippen LogP contribution in [0.5, 0.6) is 0 Å². The number of hydrogen-bond acceptors (Lipinski definition) is 3. The van der Waals surface area contributed by atoms with Gasteiger partial charge in [0.15, 0.2) is 0 Å². The van der Waals surface area contributed by atoms with Crippen LogP contribution in [-0.2, 0) is 4.74 Å². The summed E-state index contributed by atoms with van der Waals surface area (Å²) in [5.74, 6) is 1.62. The standard InChI is InChI=1S/C16H34N2O/c1-6-8-17-15-12-13(3)11-14(4)16(15)18(5)9-10-19-7-2/h13-17H,6-12H2,1-5H3. The van der Waals surface area contributed by atoms with Crippen molar-refractivity contribution in [2.75, 3.05) is 33.4 Å². The second kappa shape index (κ2) is 8.93. The lowest BCUT2D eigenvalue weighted by Crippen LogP contribution is -2.56. The average Bonchev–Trinajstić information content (AvgIpc) is 2.35. The maximum absolute atomic E-state index is 5.51. The number of rotatable bonds is 8. The predicted molar refractivity (Wildman–Crippen MR) is 82.6 cm³/mol. The molecule has 0 saturated heterocycles. The molecule has 0 aromatic rings. The number of ether oxygens (including phenoxy) is 1. The Hall–Kier alpha value is -0.120. The number of hydrogen-bond donors (Lipinski definition) is 1. The molecule has 1 fully saturated rings. The molecule has 4 unspecified atom stereocenters. The molecule has 1 N–H and O–H groups in total. The summed E-state index contributed by atoms with van der Waals surface area (Å²) >= 11 is 0. The van der Waals surface area contributed by atoms with E-state index >= 15 is 0 Å². The van der Waals surface area contributed by atoms with Gasteiger partial charge < -0.3 is 10.1 Å². The van der Waals surface area contributed by atoms with Crippen molar-refractivity contribution >= 4 is 0 Å². The van der Waals surface area contributed by atoms with E-state index in [-0.39, 0.29) is 0 Å². The Morgan fingerprint density at radius 1 is 1.21 bits per heavy atom. The topological polar surface area (TPSA) is 24.5 Å². The van der Waals surface area contributed by atoms with E-state index in [9.17, 15) is 0 Å². The van der Waals surface area contributed by atoms with Gasteiger partial charge in [0.2, 0.25) is 0 Å². The first kappa shape index (κ1) is 16.9. The molecule has 0 spiro atoms. The fraction of sp³-hybridized carbons (Fsp3) is 1.00. The van der Waals surface area contributed by atoms with Gasteiger partial charge in [-0.25, -0.2) is 0 Å². The molecule has 0 amide bonds. The fourth-order valence-corrected chi connectivity index (χ4v) is 3.62. The first-order valence-electron chi connectivity index (χ1n) is 8.11. The van der Waals surface area contributed by atoms with Gasteiger partial charge in [-0.3, -0.25) is 4.90 Å². The van der Waals surface area contributed by atoms with Crippen molar-refractivity contribution in [2.24, 2.45) is 11.8 Å². The Morgan fingerprint density at radius 3 is 2.58 bits per heavy atom. The smallest absolute Gasteiger partial charge is 0.0593 e. The van der Waals surface area contributed by atoms with Gasteiger partial charge in [-0.05, 0) is 51.6 Å². The summed E-state index contributed by atoms with van der Waals surface area (Å²) in [7, 11) is 2.26. The molecule has 3 heteroatoms. The van der Waals surface area contributed by atoms with E-state index < -0.39 is 0 Å². The highest BCUT2D eigenvalue weighted by atomic mass is 16.5. The molecule has 3 nitrogen and oxygen atoms in total. The van der Waals surface area contributed by atoms with Crippen molar-refractivity contribution in [1.82, 2.24) is 10.2 Å². The second-order valence-electron chi connectivity index (χ2n) is 6.28. The van der Waals surface area contributed by atoms with E-state index in [0.717, 1.165) is 38.1 Å². The highest BCUT2D eigenvalue weighted by Gasteiger charge is 2.35. The van der Waals surface area contributed by atoms with Gasteiger partial charge >= 0.3 is 0 Å². The first-order valence-corrected chi connectivity index (χ1v) is 8.11. The highest BCUT2D eigenvalue weighted by Crippen LogP contribution is 2.31. The van der Waals surface area contributed by atoms with Crippen LogP contribution in [-0.4, -0.2) is 50.3 Å². The van der Waals surface area contributed by atoms with Crippen LogP contribution in [0.2, 0.25) is 0 Å². The van der Waals surface area contributed by atoms with Crippen molar-refractivity contribution in [3.05, 3.63) is 0 Å². The number of nitrogens with zero attached hydrogens (tertiary/aromatic N) is 1. The predicted octanol–water partition coefficient (Wildman–Crippen LogP) is 2.76. The third-order valence-electron chi connectivity index (χ3n) is 4.38. The Morgan fingerprint density at radius 2 is 1.95 bits per heavy atom. The Kier molecular flexibility index (Phi) is 7.96. The van der Waals surface area contributed by atoms with E-state index in [1.807, 2.05) is 0 Å². The molecule has 1 rings (SSSR count). The molecular weight excluding hydrogens is 236 g/mol. The van der Waals surface area contributed by atoms with Crippen LogP contribution in [0.1, 0.15) is 47.0 Å². The zero-order valence-electron chi connectivity index (χ0n) is 13.6. The third-order valence-corrected chi connectivity index (χ3v) is 4.38. The lowest BCUT2D eigenvalue weighted by molar-refractivity contribution is 0.0505. The van der Waals surface area contributed by atoms with Crippen LogP contribution in [0.15, 0.2) is 0 Å². The Labute approximate surface area is 120 Å². The van der Waals surface area contributed by atoms with Gasteiger partial charge in [-0.2, -0.15) is 0 Å². The average molecular weight is 270 g/mol. The lowest BCUT2D eigenvalue weighted by Gasteiger charge is -2.45. The van der Waals surface area contributed by atoms with E-state index in [2.05, 4.69) is 45.0 Å². The summed E-state index contributed by atoms with van der Waals surface area (Å²) < 4.78 is 5.51. The summed E-state index contributed by atoms with van der Waals surface area (Å²) in [6, 6.07) is 1.30. The maximum atomic E-state index is 5.51. The van der Waals surface area contributed by atoms with Gasteiger partial charge in [0, 0.05) is 25.2 Å². The van der Waals surface area contributed by atoms with Crippen molar-refractivity contribution < 1.29 is 4.74 Å². The molecule has 0 bridgehead atoms.